The molecule has 1 aliphatic carbocycles. The molecule has 0 heterocycles. The second-order valence-corrected chi connectivity index (χ2v) is 10.3. The summed E-state index contributed by atoms with van der Waals surface area (Å²) in [7, 11) is -3.37. The van der Waals surface area contributed by atoms with E-state index in [0.29, 0.717) is 0 Å². The van der Waals surface area contributed by atoms with Gasteiger partial charge in [-0.25, -0.2) is 0 Å². The third kappa shape index (κ3) is 7.61. The maximum atomic E-state index is 12.2. The van der Waals surface area contributed by atoms with Crippen LogP contribution in [0.5, 0.6) is 0 Å². The van der Waals surface area contributed by atoms with Crippen molar-refractivity contribution in [3.63, 3.8) is 0 Å². The van der Waals surface area contributed by atoms with Crippen LogP contribution in [0.4, 0.5) is 0 Å². The van der Waals surface area contributed by atoms with Crippen LogP contribution in [-0.4, -0.2) is 68.9 Å². The molecule has 0 bridgehead atoms. The van der Waals surface area contributed by atoms with E-state index < -0.39 is 24.3 Å². The van der Waals surface area contributed by atoms with Gasteiger partial charge in [0.05, 0.1) is 0 Å². The molecular formula is C14H29AsNO5P. The topological polar surface area (TPSA) is 107 Å². The summed E-state index contributed by atoms with van der Waals surface area (Å²) in [5.74, 6) is -0.0570. The number of carbonyl (C=O) groups excluding carboxylic acids is 1. The molecule has 1 rings (SSSR count). The van der Waals surface area contributed by atoms with Gasteiger partial charge in [-0.15, -0.1) is 0 Å². The molecule has 1 fully saturated rings. The van der Waals surface area contributed by atoms with Crippen molar-refractivity contribution in [1.82, 2.24) is 5.32 Å². The van der Waals surface area contributed by atoms with Gasteiger partial charge in [0.25, 0.3) is 0 Å². The van der Waals surface area contributed by atoms with Crippen molar-refractivity contribution in [3.05, 3.63) is 0 Å². The van der Waals surface area contributed by atoms with E-state index in [1.807, 2.05) is 0 Å². The Morgan fingerprint density at radius 1 is 1.32 bits per heavy atom. The van der Waals surface area contributed by atoms with Crippen LogP contribution in [-0.2, 0) is 9.36 Å². The molecule has 5 atom stereocenters. The third-order valence-electron chi connectivity index (χ3n) is 4.10. The minimum absolute atomic E-state index is 0.0544. The average Bonchev–Trinajstić information content (AvgIpc) is 2.43. The first-order valence-electron chi connectivity index (χ1n) is 7.91. The van der Waals surface area contributed by atoms with Crippen LogP contribution < -0.4 is 5.32 Å². The molecular weight excluding hydrogens is 368 g/mol. The van der Waals surface area contributed by atoms with Gasteiger partial charge in [0, 0.05) is 0 Å². The van der Waals surface area contributed by atoms with Crippen molar-refractivity contribution in [1.29, 1.82) is 0 Å². The van der Waals surface area contributed by atoms with E-state index in [-0.39, 0.29) is 30.7 Å². The Morgan fingerprint density at radius 2 is 1.91 bits per heavy atom. The summed E-state index contributed by atoms with van der Waals surface area (Å²) in [6.07, 6.45) is 3.72. The second-order valence-electron chi connectivity index (χ2n) is 6.38. The fourth-order valence-corrected chi connectivity index (χ4v) is 5.15. The van der Waals surface area contributed by atoms with Crippen molar-refractivity contribution in [3.8, 4) is 0 Å². The van der Waals surface area contributed by atoms with Crippen molar-refractivity contribution in [2.75, 3.05) is 18.9 Å². The standard InChI is InChI=1S/C14H29AsNO5P/c1-10(17)13(15)14(19)16-7-12(18)9-22(20,21)8-11-5-3-2-4-6-11/h10-13,17-18H,2-9,15H2,1H3,(H,16,19)(H,20,21). The van der Waals surface area contributed by atoms with E-state index in [0.717, 1.165) is 42.5 Å². The zero-order valence-corrected chi connectivity index (χ0v) is 16.5. The Balaban J connectivity index is 2.34. The molecule has 0 aromatic heterocycles. The van der Waals surface area contributed by atoms with Crippen LogP contribution in [0.3, 0.4) is 0 Å². The number of amides is 1. The molecule has 6 nitrogen and oxygen atoms in total. The van der Waals surface area contributed by atoms with Gasteiger partial charge in [-0.2, -0.15) is 0 Å². The van der Waals surface area contributed by atoms with E-state index in [2.05, 4.69) is 5.32 Å². The van der Waals surface area contributed by atoms with E-state index in [9.17, 15) is 24.5 Å². The minimum atomic E-state index is -3.37. The van der Waals surface area contributed by atoms with Crippen molar-refractivity contribution in [2.24, 2.45) is 5.92 Å². The van der Waals surface area contributed by atoms with Crippen LogP contribution in [0.2, 0.25) is 4.71 Å². The molecule has 22 heavy (non-hydrogen) atoms. The van der Waals surface area contributed by atoms with Gasteiger partial charge in [0.1, 0.15) is 0 Å². The number of rotatable bonds is 8. The first-order valence-corrected chi connectivity index (χ1v) is 11.3. The summed E-state index contributed by atoms with van der Waals surface area (Å²) in [6, 6.07) is 0. The molecule has 4 N–H and O–H groups in total. The van der Waals surface area contributed by atoms with Gasteiger partial charge >= 0.3 is 141 Å². The normalized spacial score (nSPS) is 23.3. The Kier molecular flexibility index (Phi) is 8.66. The molecule has 0 saturated heterocycles. The van der Waals surface area contributed by atoms with Gasteiger partial charge in [-0.05, 0) is 0 Å². The molecule has 8 heteroatoms. The number of aliphatic hydroxyl groups excluding tert-OH is 2. The molecule has 5 unspecified atom stereocenters. The first kappa shape index (κ1) is 20.2. The van der Waals surface area contributed by atoms with Crippen LogP contribution in [0.25, 0.3) is 0 Å². The van der Waals surface area contributed by atoms with Gasteiger partial charge in [0.2, 0.25) is 0 Å². The predicted octanol–water partition coefficient (Wildman–Crippen LogP) is 0.117. The summed E-state index contributed by atoms with van der Waals surface area (Å²) in [5.41, 5.74) is 0. The molecule has 0 spiro atoms. The van der Waals surface area contributed by atoms with Crippen molar-refractivity contribution in [2.45, 2.75) is 55.9 Å². The summed E-state index contributed by atoms with van der Waals surface area (Å²) in [5, 5.41) is 21.7. The molecule has 1 aliphatic rings. The Labute approximate surface area is 141 Å². The van der Waals surface area contributed by atoms with Crippen LogP contribution >= 0.6 is 7.37 Å². The number of hydrogen-bond donors (Lipinski definition) is 4. The quantitative estimate of drug-likeness (QED) is 0.344. The predicted molar refractivity (Wildman–Crippen MR) is 89.1 cm³/mol. The van der Waals surface area contributed by atoms with Gasteiger partial charge in [-0.1, -0.05) is 0 Å². The van der Waals surface area contributed by atoms with Crippen LogP contribution in [0.15, 0.2) is 0 Å². The summed E-state index contributed by atoms with van der Waals surface area (Å²) >= 11 is 1.11. The van der Waals surface area contributed by atoms with Gasteiger partial charge in [-0.3, -0.25) is 0 Å². The Hall–Kier alpha value is 0.138. The zero-order valence-electron chi connectivity index (χ0n) is 13.1. The molecule has 1 saturated carbocycles. The number of hydrogen-bond acceptors (Lipinski definition) is 4. The van der Waals surface area contributed by atoms with E-state index >= 15 is 0 Å². The monoisotopic (exact) mass is 397 g/mol. The fourth-order valence-electron chi connectivity index (χ4n) is 2.80. The number of aliphatic hydroxyl groups is 2. The van der Waals surface area contributed by atoms with Gasteiger partial charge in [0.15, 0.2) is 0 Å². The second kappa shape index (κ2) is 9.44. The zero-order chi connectivity index (χ0) is 16.8. The van der Waals surface area contributed by atoms with E-state index in [4.69, 9.17) is 0 Å². The SMILES string of the molecule is CC(O)C([AsH2])C(=O)NCC(O)CP(=O)(O)CC1CCCCC1. The molecule has 1 amide bonds. The summed E-state index contributed by atoms with van der Waals surface area (Å²) in [6.45, 7) is 1.48. The maximum absolute atomic E-state index is 12.2. The van der Waals surface area contributed by atoms with Crippen molar-refractivity contribution >= 4 is 30.1 Å². The molecule has 0 aliphatic heterocycles. The van der Waals surface area contributed by atoms with E-state index in [1.165, 1.54) is 13.3 Å². The average molecular weight is 397 g/mol. The summed E-state index contributed by atoms with van der Waals surface area (Å²) < 4.78 is 11.7. The molecule has 0 aromatic rings. The Bertz CT molecular complexity index is 401. The molecule has 0 aromatic carbocycles. The van der Waals surface area contributed by atoms with Crippen LogP contribution in [0, 0.1) is 5.92 Å². The van der Waals surface area contributed by atoms with Gasteiger partial charge < -0.3 is 0 Å². The summed E-state index contributed by atoms with van der Waals surface area (Å²) in [4.78, 5) is 21.7. The van der Waals surface area contributed by atoms with Crippen LogP contribution in [0.1, 0.15) is 39.0 Å². The molecule has 130 valence electrons. The molecule has 0 radical (unpaired) electrons. The first-order chi connectivity index (χ1) is 10.2. The Morgan fingerprint density at radius 3 is 2.45 bits per heavy atom. The fraction of sp³-hybridized carbons (Fsp3) is 0.929. The third-order valence-corrected chi connectivity index (χ3v) is 7.98. The number of carbonyl (C=O) groups is 1. The van der Waals surface area contributed by atoms with E-state index in [1.54, 1.807) is 0 Å². The van der Waals surface area contributed by atoms with Crippen molar-refractivity contribution < 1.29 is 24.5 Å². The number of nitrogens with one attached hydrogen (secondary N) is 1.